The molecule has 0 bridgehead atoms. The highest BCUT2D eigenvalue weighted by atomic mass is 32.2. The van der Waals surface area contributed by atoms with E-state index in [-0.39, 0.29) is 11.8 Å². The molecule has 6 nitrogen and oxygen atoms in total. The summed E-state index contributed by atoms with van der Waals surface area (Å²) in [6.07, 6.45) is 3.04. The van der Waals surface area contributed by atoms with Gasteiger partial charge in [-0.1, -0.05) is 6.92 Å². The number of hydrogen-bond donors (Lipinski definition) is 2. The molecule has 2 aliphatic heterocycles. The van der Waals surface area contributed by atoms with Gasteiger partial charge in [0, 0.05) is 38.8 Å². The Labute approximate surface area is 129 Å². The molecule has 0 radical (unpaired) electrons. The first-order valence-corrected chi connectivity index (χ1v) is 9.90. The minimum atomic E-state index is -3.14. The third kappa shape index (κ3) is 6.20. The molecule has 0 atom stereocenters. The number of piperidine rings is 1. The summed E-state index contributed by atoms with van der Waals surface area (Å²) in [5.74, 6) is 0.224. The van der Waals surface area contributed by atoms with Gasteiger partial charge in [0.25, 0.3) is 0 Å². The van der Waals surface area contributed by atoms with Crippen LogP contribution < -0.4 is 10.0 Å². The number of piperazine rings is 1. The zero-order valence-corrected chi connectivity index (χ0v) is 14.0. The van der Waals surface area contributed by atoms with Crippen LogP contribution >= 0.6 is 0 Å². The topological polar surface area (TPSA) is 64.7 Å². The molecule has 2 rings (SSSR count). The summed E-state index contributed by atoms with van der Waals surface area (Å²) in [6.45, 7) is 9.80. The summed E-state index contributed by atoms with van der Waals surface area (Å²) >= 11 is 0. The maximum absolute atomic E-state index is 12.2. The van der Waals surface area contributed by atoms with E-state index in [9.17, 15) is 8.42 Å². The first-order valence-electron chi connectivity index (χ1n) is 8.24. The Morgan fingerprint density at radius 1 is 1.05 bits per heavy atom. The maximum atomic E-state index is 12.2. The monoisotopic (exact) mass is 318 g/mol. The zero-order valence-electron chi connectivity index (χ0n) is 13.2. The van der Waals surface area contributed by atoms with Gasteiger partial charge in [-0.25, -0.2) is 13.1 Å². The van der Waals surface area contributed by atoms with E-state index in [1.807, 2.05) is 0 Å². The van der Waals surface area contributed by atoms with E-state index in [1.54, 1.807) is 0 Å². The standard InChI is InChI=1S/C14H30N4O2S/c1-2-7-17-8-3-14(4-9-17)16-21(19,20)13-12-18-10-5-15-6-11-18/h14-16H,2-13H2,1H3. The SMILES string of the molecule is CCCN1CCC(NS(=O)(=O)CCN2CCNCC2)CC1. The smallest absolute Gasteiger partial charge is 0.213 e. The highest BCUT2D eigenvalue weighted by molar-refractivity contribution is 7.89. The molecule has 2 fully saturated rings. The van der Waals surface area contributed by atoms with Gasteiger partial charge in [0.05, 0.1) is 5.75 Å². The quantitative estimate of drug-likeness (QED) is 0.674. The van der Waals surface area contributed by atoms with Gasteiger partial charge in [-0.15, -0.1) is 0 Å². The second-order valence-electron chi connectivity index (χ2n) is 6.14. The Balaban J connectivity index is 1.68. The van der Waals surface area contributed by atoms with E-state index in [1.165, 1.54) is 6.42 Å². The van der Waals surface area contributed by atoms with Crippen molar-refractivity contribution >= 4 is 10.0 Å². The number of hydrogen-bond acceptors (Lipinski definition) is 5. The molecule has 2 saturated heterocycles. The van der Waals surface area contributed by atoms with Crippen LogP contribution in [0.4, 0.5) is 0 Å². The second-order valence-corrected chi connectivity index (χ2v) is 8.02. The van der Waals surface area contributed by atoms with Gasteiger partial charge in [-0.05, 0) is 38.9 Å². The molecule has 0 aliphatic carbocycles. The highest BCUT2D eigenvalue weighted by Crippen LogP contribution is 2.11. The molecule has 2 heterocycles. The average molecular weight is 318 g/mol. The first kappa shape index (κ1) is 17.1. The van der Waals surface area contributed by atoms with E-state index in [2.05, 4.69) is 26.8 Å². The van der Waals surface area contributed by atoms with Crippen LogP contribution in [0.5, 0.6) is 0 Å². The molecule has 0 spiro atoms. The van der Waals surface area contributed by atoms with E-state index in [0.717, 1.165) is 58.7 Å². The van der Waals surface area contributed by atoms with Gasteiger partial charge in [-0.2, -0.15) is 0 Å². The van der Waals surface area contributed by atoms with Crippen LogP contribution in [0.2, 0.25) is 0 Å². The molecule has 0 unspecified atom stereocenters. The van der Waals surface area contributed by atoms with Crippen molar-refractivity contribution in [3.63, 3.8) is 0 Å². The minimum absolute atomic E-state index is 0.131. The lowest BCUT2D eigenvalue weighted by Gasteiger charge is -2.32. The third-order valence-corrected chi connectivity index (χ3v) is 5.77. The largest absolute Gasteiger partial charge is 0.314 e. The van der Waals surface area contributed by atoms with Crippen LogP contribution in [0, 0.1) is 0 Å². The molecule has 0 amide bonds. The second kappa shape index (κ2) is 8.43. The Bertz CT molecular complexity index is 388. The van der Waals surface area contributed by atoms with E-state index < -0.39 is 10.0 Å². The molecular weight excluding hydrogens is 288 g/mol. The minimum Gasteiger partial charge on any atom is -0.314 e. The third-order valence-electron chi connectivity index (χ3n) is 4.36. The van der Waals surface area contributed by atoms with Gasteiger partial charge >= 0.3 is 0 Å². The van der Waals surface area contributed by atoms with E-state index in [4.69, 9.17) is 0 Å². The number of sulfonamides is 1. The lowest BCUT2D eigenvalue weighted by atomic mass is 10.1. The van der Waals surface area contributed by atoms with E-state index in [0.29, 0.717) is 6.54 Å². The summed E-state index contributed by atoms with van der Waals surface area (Å²) < 4.78 is 27.3. The Morgan fingerprint density at radius 2 is 1.67 bits per heavy atom. The van der Waals surface area contributed by atoms with Gasteiger partial charge in [0.2, 0.25) is 10.0 Å². The van der Waals surface area contributed by atoms with Crippen molar-refractivity contribution in [2.75, 3.05) is 58.1 Å². The van der Waals surface area contributed by atoms with Crippen molar-refractivity contribution in [2.45, 2.75) is 32.2 Å². The normalized spacial score (nSPS) is 23.5. The maximum Gasteiger partial charge on any atom is 0.213 e. The fourth-order valence-corrected chi connectivity index (χ4v) is 4.45. The fraction of sp³-hybridized carbons (Fsp3) is 1.00. The average Bonchev–Trinajstić information content (AvgIpc) is 2.48. The van der Waals surface area contributed by atoms with Crippen molar-refractivity contribution in [3.8, 4) is 0 Å². The van der Waals surface area contributed by atoms with Crippen LogP contribution in [-0.2, 0) is 10.0 Å². The molecule has 124 valence electrons. The predicted octanol–water partition coefficient (Wildman–Crippen LogP) is -0.315. The Kier molecular flexibility index (Phi) is 6.88. The Morgan fingerprint density at radius 3 is 2.29 bits per heavy atom. The van der Waals surface area contributed by atoms with Crippen LogP contribution in [0.15, 0.2) is 0 Å². The molecule has 0 aromatic rings. The molecule has 2 aliphatic rings. The summed E-state index contributed by atoms with van der Waals surface area (Å²) in [4.78, 5) is 4.64. The highest BCUT2D eigenvalue weighted by Gasteiger charge is 2.23. The lowest BCUT2D eigenvalue weighted by molar-refractivity contribution is 0.207. The fourth-order valence-electron chi connectivity index (χ4n) is 3.09. The van der Waals surface area contributed by atoms with Crippen LogP contribution in [-0.4, -0.2) is 82.4 Å². The molecule has 0 aromatic heterocycles. The lowest BCUT2D eigenvalue weighted by Crippen LogP contribution is -2.48. The molecule has 21 heavy (non-hydrogen) atoms. The van der Waals surface area contributed by atoms with Gasteiger partial charge < -0.3 is 10.2 Å². The van der Waals surface area contributed by atoms with Crippen molar-refractivity contribution in [3.05, 3.63) is 0 Å². The molecule has 7 heteroatoms. The van der Waals surface area contributed by atoms with Crippen LogP contribution in [0.1, 0.15) is 26.2 Å². The van der Waals surface area contributed by atoms with Crippen molar-refractivity contribution < 1.29 is 8.42 Å². The molecule has 2 N–H and O–H groups in total. The van der Waals surface area contributed by atoms with Gasteiger partial charge in [0.15, 0.2) is 0 Å². The summed E-state index contributed by atoms with van der Waals surface area (Å²) in [6, 6.07) is 0.131. The molecule has 0 saturated carbocycles. The van der Waals surface area contributed by atoms with Crippen molar-refractivity contribution in [1.29, 1.82) is 0 Å². The van der Waals surface area contributed by atoms with Crippen molar-refractivity contribution in [2.24, 2.45) is 0 Å². The van der Waals surface area contributed by atoms with Gasteiger partial charge in [-0.3, -0.25) is 4.90 Å². The number of nitrogens with zero attached hydrogens (tertiary/aromatic N) is 2. The first-order chi connectivity index (χ1) is 10.1. The zero-order chi connectivity index (χ0) is 15.1. The molecular formula is C14H30N4O2S. The summed E-state index contributed by atoms with van der Waals surface area (Å²) in [7, 11) is -3.14. The summed E-state index contributed by atoms with van der Waals surface area (Å²) in [5, 5.41) is 3.28. The van der Waals surface area contributed by atoms with Gasteiger partial charge in [0.1, 0.15) is 0 Å². The summed E-state index contributed by atoms with van der Waals surface area (Å²) in [5.41, 5.74) is 0. The van der Waals surface area contributed by atoms with E-state index >= 15 is 0 Å². The number of likely N-dealkylation sites (tertiary alicyclic amines) is 1. The number of rotatable bonds is 7. The number of nitrogens with one attached hydrogen (secondary N) is 2. The van der Waals surface area contributed by atoms with Crippen LogP contribution in [0.3, 0.4) is 0 Å². The van der Waals surface area contributed by atoms with Crippen molar-refractivity contribution in [1.82, 2.24) is 19.8 Å². The van der Waals surface area contributed by atoms with Crippen LogP contribution in [0.25, 0.3) is 0 Å². The Hall–Kier alpha value is -0.210. The predicted molar refractivity (Wildman–Crippen MR) is 86.0 cm³/mol. The molecule has 0 aromatic carbocycles.